The molecule has 17 heteroatoms. The molecule has 4 aliphatic rings. The summed E-state index contributed by atoms with van der Waals surface area (Å²) in [6, 6.07) is 20.5. The SMILES string of the molecule is Cc1c(NCCCCCCCCN2CCN(c3ccc(-c4ccc5c(c4)C(=O)N(C(C(=O)NC4=NCCS4)c4cc(F)ccc4O)C5)cc3)CC2)cccc1C(=O)N(C=O)C1CCC(=O)NC1=O. The fraction of sp³-hybridized carbons (Fsp3) is 0.392. The minimum atomic E-state index is -1.27. The van der Waals surface area contributed by atoms with E-state index in [1.165, 1.54) is 35.6 Å². The molecule has 2 atom stereocenters. The lowest BCUT2D eigenvalue weighted by atomic mass is 10.00. The molecule has 0 bridgehead atoms. The third-order valence-electron chi connectivity index (χ3n) is 13.2. The number of phenols is 1. The van der Waals surface area contributed by atoms with Crippen molar-refractivity contribution >= 4 is 64.3 Å². The maximum atomic E-state index is 14.4. The molecule has 0 spiro atoms. The quantitative estimate of drug-likeness (QED) is 0.0492. The Morgan fingerprint density at radius 3 is 2.43 bits per heavy atom. The number of hydrogen-bond donors (Lipinski definition) is 4. The van der Waals surface area contributed by atoms with E-state index in [2.05, 4.69) is 55.0 Å². The Morgan fingerprint density at radius 1 is 0.941 bits per heavy atom. The Bertz CT molecular complexity index is 2580. The highest BCUT2D eigenvalue weighted by Gasteiger charge is 2.40. The molecule has 2 fully saturated rings. The van der Waals surface area contributed by atoms with E-state index in [0.29, 0.717) is 34.8 Å². The molecule has 6 amide bonds. The average Bonchev–Trinajstić information content (AvgIpc) is 3.98. The number of hydrogen-bond acceptors (Lipinski definition) is 12. The number of phenolic OH excluding ortho intramolecular Hbond substituents is 1. The number of unbranched alkanes of at least 4 members (excludes halogenated alkanes) is 5. The molecule has 15 nitrogen and oxygen atoms in total. The van der Waals surface area contributed by atoms with Gasteiger partial charge in [-0.25, -0.2) is 4.39 Å². The van der Waals surface area contributed by atoms with Crippen LogP contribution in [0.2, 0.25) is 0 Å². The monoisotopic (exact) mass is 944 g/mol. The van der Waals surface area contributed by atoms with Crippen molar-refractivity contribution in [1.82, 2.24) is 25.3 Å². The standard InChI is InChI=1S/C51H57FN8O7S/c1-33-39(49(66)60(32-61)43-18-20-45(63)55-47(43)64)9-8-10-42(33)53-21-6-4-2-3-5-7-23-57-24-26-58(27-25-57)38-16-13-34(14-17-38)35-11-12-36-31-59(50(67)40(36)29-35)46(41-30-37(52)15-19-44(41)62)48(65)56-51-54-22-28-68-51/h8-17,19,29-30,32,43,46,53,62H,2-7,18,20-28,31H2,1H3,(H,54,56,65)(H,55,63,64). The zero-order chi connectivity index (χ0) is 47.7. The van der Waals surface area contributed by atoms with E-state index in [-0.39, 0.29) is 36.6 Å². The zero-order valence-corrected chi connectivity index (χ0v) is 39.0. The molecule has 4 aromatic rings. The Balaban J connectivity index is 0.746. The van der Waals surface area contributed by atoms with Crippen molar-refractivity contribution in [3.63, 3.8) is 0 Å². The molecule has 68 heavy (non-hydrogen) atoms. The first-order chi connectivity index (χ1) is 33.0. The molecule has 4 aliphatic heterocycles. The second kappa shape index (κ2) is 22.0. The topological polar surface area (TPSA) is 184 Å². The molecule has 0 aromatic heterocycles. The third kappa shape index (κ3) is 11.1. The van der Waals surface area contributed by atoms with E-state index in [4.69, 9.17) is 0 Å². The van der Waals surface area contributed by atoms with Gasteiger partial charge in [0.15, 0.2) is 5.17 Å². The van der Waals surface area contributed by atoms with Crippen molar-refractivity contribution in [1.29, 1.82) is 0 Å². The van der Waals surface area contributed by atoms with Gasteiger partial charge in [0.2, 0.25) is 18.2 Å². The van der Waals surface area contributed by atoms with Gasteiger partial charge in [0.25, 0.3) is 17.7 Å². The summed E-state index contributed by atoms with van der Waals surface area (Å²) < 4.78 is 14.4. The first-order valence-electron chi connectivity index (χ1n) is 23.4. The number of anilines is 2. The zero-order valence-electron chi connectivity index (χ0n) is 38.2. The molecule has 356 valence electrons. The summed E-state index contributed by atoms with van der Waals surface area (Å²) in [6.45, 7) is 8.18. The Hall–Kier alpha value is -6.59. The smallest absolute Gasteiger partial charge is 0.261 e. The van der Waals surface area contributed by atoms with Gasteiger partial charge in [-0.2, -0.15) is 0 Å². The molecule has 2 saturated heterocycles. The van der Waals surface area contributed by atoms with Crippen LogP contribution >= 0.6 is 11.8 Å². The summed E-state index contributed by atoms with van der Waals surface area (Å²) in [5.74, 6) is -2.73. The second-order valence-corrected chi connectivity index (χ2v) is 18.7. The van der Waals surface area contributed by atoms with Crippen molar-refractivity contribution in [3.8, 4) is 16.9 Å². The van der Waals surface area contributed by atoms with Crippen molar-refractivity contribution in [3.05, 3.63) is 112 Å². The van der Waals surface area contributed by atoms with E-state index in [0.717, 1.165) is 116 Å². The number of thioether (sulfide) groups is 1. The fourth-order valence-electron chi connectivity index (χ4n) is 9.38. The fourth-order valence-corrected chi connectivity index (χ4v) is 10.1. The van der Waals surface area contributed by atoms with Crippen molar-refractivity contribution in [2.24, 2.45) is 4.99 Å². The van der Waals surface area contributed by atoms with Crippen LogP contribution in [0.5, 0.6) is 5.75 Å². The highest BCUT2D eigenvalue weighted by atomic mass is 32.2. The first-order valence-corrected chi connectivity index (χ1v) is 24.4. The van der Waals surface area contributed by atoms with Gasteiger partial charge in [-0.05, 0) is 104 Å². The number of halogens is 1. The molecule has 4 N–H and O–H groups in total. The number of amidine groups is 1. The molecule has 4 heterocycles. The summed E-state index contributed by atoms with van der Waals surface area (Å²) in [4.78, 5) is 88.2. The molecular weight excluding hydrogens is 888 g/mol. The number of nitrogens with zero attached hydrogens (tertiary/aromatic N) is 5. The van der Waals surface area contributed by atoms with Crippen LogP contribution in [0.15, 0.2) is 83.9 Å². The molecular formula is C51H57FN8O7S. The van der Waals surface area contributed by atoms with E-state index < -0.39 is 41.5 Å². The maximum absolute atomic E-state index is 14.4. The third-order valence-corrected chi connectivity index (χ3v) is 14.1. The number of piperazine rings is 1. The second-order valence-electron chi connectivity index (χ2n) is 17.6. The highest BCUT2D eigenvalue weighted by Crippen LogP contribution is 2.38. The van der Waals surface area contributed by atoms with E-state index in [1.54, 1.807) is 12.1 Å². The molecule has 4 aromatic carbocycles. The van der Waals surface area contributed by atoms with Gasteiger partial charge in [-0.3, -0.25) is 48.9 Å². The average molecular weight is 945 g/mol. The Labute approximate surface area is 399 Å². The van der Waals surface area contributed by atoms with Crippen LogP contribution in [-0.2, 0) is 25.7 Å². The van der Waals surface area contributed by atoms with Crippen molar-refractivity contribution in [2.75, 3.05) is 61.8 Å². The molecule has 8 rings (SSSR count). The summed E-state index contributed by atoms with van der Waals surface area (Å²) in [5, 5.41) is 19.6. The Kier molecular flexibility index (Phi) is 15.5. The number of imide groups is 2. The summed E-state index contributed by atoms with van der Waals surface area (Å²) in [5.41, 5.74) is 6.03. The lowest BCUT2D eigenvalue weighted by Gasteiger charge is -2.36. The molecule has 2 unspecified atom stereocenters. The van der Waals surface area contributed by atoms with Crippen LogP contribution in [0.25, 0.3) is 11.1 Å². The Morgan fingerprint density at radius 2 is 1.69 bits per heavy atom. The predicted molar refractivity (Wildman–Crippen MR) is 260 cm³/mol. The summed E-state index contributed by atoms with van der Waals surface area (Å²) in [6.07, 6.45) is 7.24. The van der Waals surface area contributed by atoms with Crippen molar-refractivity contribution in [2.45, 2.75) is 76.9 Å². The molecule has 0 radical (unpaired) electrons. The number of aliphatic imine (C=N–C) groups is 1. The van der Waals surface area contributed by atoms with E-state index in [1.807, 2.05) is 31.2 Å². The van der Waals surface area contributed by atoms with Gasteiger partial charge in [0, 0.05) is 79.5 Å². The number of fused-ring (bicyclic) bond motifs is 1. The van der Waals surface area contributed by atoms with Gasteiger partial charge in [0.05, 0.1) is 6.54 Å². The van der Waals surface area contributed by atoms with Crippen LogP contribution in [0, 0.1) is 12.7 Å². The normalized spacial score (nSPS) is 17.6. The largest absolute Gasteiger partial charge is 0.508 e. The van der Waals surface area contributed by atoms with Gasteiger partial charge in [-0.15, -0.1) is 0 Å². The lowest BCUT2D eigenvalue weighted by molar-refractivity contribution is -0.139. The summed E-state index contributed by atoms with van der Waals surface area (Å²) in [7, 11) is 0. The highest BCUT2D eigenvalue weighted by molar-refractivity contribution is 8.14. The van der Waals surface area contributed by atoms with E-state index in [9.17, 15) is 38.3 Å². The minimum Gasteiger partial charge on any atom is -0.508 e. The van der Waals surface area contributed by atoms with Crippen LogP contribution < -0.4 is 20.9 Å². The maximum Gasteiger partial charge on any atom is 0.261 e. The predicted octanol–water partition coefficient (Wildman–Crippen LogP) is 6.40. The molecule has 0 saturated carbocycles. The number of piperidine rings is 1. The number of aromatic hydroxyl groups is 1. The minimum absolute atomic E-state index is 0.00870. The van der Waals surface area contributed by atoms with Crippen LogP contribution in [0.3, 0.4) is 0 Å². The van der Waals surface area contributed by atoms with Crippen LogP contribution in [0.4, 0.5) is 15.8 Å². The van der Waals surface area contributed by atoms with Crippen LogP contribution in [-0.4, -0.2) is 119 Å². The van der Waals surface area contributed by atoms with Gasteiger partial charge >= 0.3 is 0 Å². The van der Waals surface area contributed by atoms with E-state index >= 15 is 0 Å². The number of amides is 6. The lowest BCUT2D eigenvalue weighted by Crippen LogP contribution is -2.53. The first kappa shape index (κ1) is 47.9. The van der Waals surface area contributed by atoms with Crippen molar-refractivity contribution < 1.29 is 38.3 Å². The number of rotatable bonds is 18. The molecule has 0 aliphatic carbocycles. The number of carbonyl (C=O) groups is 6. The van der Waals surface area contributed by atoms with Gasteiger partial charge in [0.1, 0.15) is 23.7 Å². The number of nitrogens with one attached hydrogen (secondary N) is 3. The number of carbonyl (C=O) groups excluding carboxylic acids is 6. The van der Waals surface area contributed by atoms with Gasteiger partial charge in [-0.1, -0.05) is 67.8 Å². The van der Waals surface area contributed by atoms with Crippen LogP contribution in [0.1, 0.15) is 94.8 Å². The van der Waals surface area contributed by atoms with Gasteiger partial charge < -0.3 is 25.5 Å². The number of benzene rings is 4. The summed E-state index contributed by atoms with van der Waals surface area (Å²) >= 11 is 1.39.